The maximum atomic E-state index is 13.1. The van der Waals surface area contributed by atoms with Crippen molar-refractivity contribution in [2.24, 2.45) is 12.5 Å². The molecule has 11 heteroatoms. The Morgan fingerprint density at radius 1 is 1.14 bits per heavy atom. The van der Waals surface area contributed by atoms with Crippen LogP contribution in [0.5, 0.6) is 0 Å². The average molecular weight is 498 g/mol. The van der Waals surface area contributed by atoms with Gasteiger partial charge in [0.1, 0.15) is 17.8 Å². The van der Waals surface area contributed by atoms with E-state index < -0.39 is 11.7 Å². The van der Waals surface area contributed by atoms with E-state index in [0.717, 1.165) is 55.8 Å². The van der Waals surface area contributed by atoms with Crippen LogP contribution in [0.4, 0.5) is 19.0 Å². The molecule has 1 saturated heterocycles. The number of aromatic nitrogens is 5. The molecule has 1 aliphatic heterocycles. The SMILES string of the molecule is C=CC(=O)N1CCC2(CC=C(c3c(-c4ncc(C(F)(F)F)cn4)c4c(N)ncnc4n3C)CC2)CC1. The molecule has 36 heavy (non-hydrogen) atoms. The van der Waals surface area contributed by atoms with Crippen LogP contribution in [-0.2, 0) is 18.0 Å². The van der Waals surface area contributed by atoms with E-state index in [9.17, 15) is 18.0 Å². The lowest BCUT2D eigenvalue weighted by molar-refractivity contribution is -0.138. The molecule has 0 saturated carbocycles. The Bertz CT molecular complexity index is 1370. The summed E-state index contributed by atoms with van der Waals surface area (Å²) >= 11 is 0. The van der Waals surface area contributed by atoms with E-state index in [1.54, 1.807) is 0 Å². The molecule has 1 aliphatic carbocycles. The Balaban J connectivity index is 1.54. The summed E-state index contributed by atoms with van der Waals surface area (Å²) in [5.41, 5.74) is 8.34. The second-order valence-electron chi connectivity index (χ2n) is 9.50. The van der Waals surface area contributed by atoms with Crippen LogP contribution in [0, 0.1) is 5.41 Å². The third-order valence-corrected chi connectivity index (χ3v) is 7.52. The molecule has 4 heterocycles. The number of rotatable bonds is 3. The third kappa shape index (κ3) is 4.02. The van der Waals surface area contributed by atoms with Gasteiger partial charge >= 0.3 is 6.18 Å². The van der Waals surface area contributed by atoms with Gasteiger partial charge in [0, 0.05) is 32.5 Å². The molecule has 3 aromatic heterocycles. The van der Waals surface area contributed by atoms with Crippen LogP contribution in [0.15, 0.2) is 37.5 Å². The van der Waals surface area contributed by atoms with Crippen molar-refractivity contribution in [1.82, 2.24) is 29.4 Å². The number of hydrogen-bond donors (Lipinski definition) is 1. The lowest BCUT2D eigenvalue weighted by atomic mass is 9.68. The summed E-state index contributed by atoms with van der Waals surface area (Å²) in [6.07, 6.45) is 6.32. The Labute approximate surface area is 205 Å². The summed E-state index contributed by atoms with van der Waals surface area (Å²) in [4.78, 5) is 30.4. The van der Waals surface area contributed by atoms with Crippen molar-refractivity contribution in [3.8, 4) is 11.4 Å². The predicted octanol–water partition coefficient (Wildman–Crippen LogP) is 4.39. The fourth-order valence-electron chi connectivity index (χ4n) is 5.42. The Kier molecular flexibility index (Phi) is 5.80. The molecule has 2 aliphatic rings. The minimum atomic E-state index is -4.53. The fourth-order valence-corrected chi connectivity index (χ4v) is 5.42. The number of nitrogens with two attached hydrogens (primary N) is 1. The average Bonchev–Trinajstić information content (AvgIpc) is 3.17. The lowest BCUT2D eigenvalue weighted by Crippen LogP contribution is -2.43. The maximum absolute atomic E-state index is 13.1. The molecule has 2 N–H and O–H groups in total. The number of nitrogen functional groups attached to an aromatic ring is 1. The van der Waals surface area contributed by atoms with Gasteiger partial charge in [-0.15, -0.1) is 0 Å². The number of anilines is 1. The minimum Gasteiger partial charge on any atom is -0.383 e. The first-order chi connectivity index (χ1) is 17.1. The van der Waals surface area contributed by atoms with Gasteiger partial charge in [-0.25, -0.2) is 19.9 Å². The van der Waals surface area contributed by atoms with Crippen molar-refractivity contribution < 1.29 is 18.0 Å². The van der Waals surface area contributed by atoms with Gasteiger partial charge in [-0.05, 0) is 49.2 Å². The number of amides is 1. The van der Waals surface area contributed by atoms with Crippen molar-refractivity contribution in [2.45, 2.75) is 38.3 Å². The Hall–Kier alpha value is -3.76. The van der Waals surface area contributed by atoms with E-state index in [1.165, 1.54) is 12.4 Å². The van der Waals surface area contributed by atoms with Crippen molar-refractivity contribution in [3.05, 3.63) is 48.7 Å². The van der Waals surface area contributed by atoms with E-state index in [0.29, 0.717) is 29.7 Å². The Morgan fingerprint density at radius 2 is 1.83 bits per heavy atom. The largest absolute Gasteiger partial charge is 0.419 e. The van der Waals surface area contributed by atoms with Gasteiger partial charge in [0.25, 0.3) is 0 Å². The van der Waals surface area contributed by atoms with Crippen LogP contribution in [0.2, 0.25) is 0 Å². The number of carbonyl (C=O) groups excluding carboxylic acids is 1. The molecule has 3 aromatic rings. The summed E-state index contributed by atoms with van der Waals surface area (Å²) in [5, 5.41) is 0.521. The van der Waals surface area contributed by atoms with Crippen LogP contribution >= 0.6 is 0 Å². The minimum absolute atomic E-state index is 0.0349. The molecule has 0 aromatic carbocycles. The number of fused-ring (bicyclic) bond motifs is 1. The smallest absolute Gasteiger partial charge is 0.383 e. The highest BCUT2D eigenvalue weighted by Crippen LogP contribution is 2.48. The lowest BCUT2D eigenvalue weighted by Gasteiger charge is -2.43. The number of alkyl halides is 3. The summed E-state index contributed by atoms with van der Waals surface area (Å²) in [7, 11) is 1.85. The first-order valence-corrected chi connectivity index (χ1v) is 11.7. The summed E-state index contributed by atoms with van der Waals surface area (Å²) < 4.78 is 41.2. The molecule has 8 nitrogen and oxygen atoms in total. The van der Waals surface area contributed by atoms with Gasteiger partial charge in [-0.1, -0.05) is 12.7 Å². The fraction of sp³-hybridized carbons (Fsp3) is 0.400. The number of nitrogens with zero attached hydrogens (tertiary/aromatic N) is 6. The first kappa shape index (κ1) is 24.0. The summed E-state index contributed by atoms with van der Waals surface area (Å²) in [5.74, 6) is 0.322. The summed E-state index contributed by atoms with van der Waals surface area (Å²) in [6, 6.07) is 0. The van der Waals surface area contributed by atoms with E-state index in [4.69, 9.17) is 5.73 Å². The molecule has 0 unspecified atom stereocenters. The zero-order valence-electron chi connectivity index (χ0n) is 19.8. The zero-order chi connectivity index (χ0) is 25.7. The third-order valence-electron chi connectivity index (χ3n) is 7.52. The predicted molar refractivity (Wildman–Crippen MR) is 129 cm³/mol. The highest BCUT2D eigenvalue weighted by Gasteiger charge is 2.38. The number of aryl methyl sites for hydroxylation is 1. The number of likely N-dealkylation sites (tertiary alicyclic amines) is 1. The second kappa shape index (κ2) is 8.72. The molecule has 1 spiro atoms. The quantitative estimate of drug-likeness (QED) is 0.539. The number of halogens is 3. The zero-order valence-corrected chi connectivity index (χ0v) is 19.8. The standard InChI is InChI=1S/C25H26F3N7O/c1-3-17(36)35-10-8-24(9-11-35)6-4-15(5-7-24)20-18(19-21(29)32-14-33-23(19)34(20)2)22-30-12-16(13-31-22)25(26,27)28/h3-4,12-14H,1,5-11H2,2H3,(H2,29,32,33). The molecule has 1 amide bonds. The molecule has 188 valence electrons. The summed E-state index contributed by atoms with van der Waals surface area (Å²) in [6.45, 7) is 4.99. The topological polar surface area (TPSA) is 103 Å². The molecule has 1 fully saturated rings. The van der Waals surface area contributed by atoms with Crippen molar-refractivity contribution in [2.75, 3.05) is 18.8 Å². The van der Waals surface area contributed by atoms with Crippen molar-refractivity contribution >= 4 is 28.3 Å². The second-order valence-corrected chi connectivity index (χ2v) is 9.50. The van der Waals surface area contributed by atoms with Gasteiger partial charge < -0.3 is 15.2 Å². The monoisotopic (exact) mass is 497 g/mol. The number of hydrogen-bond acceptors (Lipinski definition) is 6. The Morgan fingerprint density at radius 3 is 2.42 bits per heavy atom. The van der Waals surface area contributed by atoms with E-state index >= 15 is 0 Å². The van der Waals surface area contributed by atoms with Gasteiger partial charge in [0.05, 0.1) is 22.2 Å². The maximum Gasteiger partial charge on any atom is 0.419 e. The van der Waals surface area contributed by atoms with Crippen LogP contribution in [-0.4, -0.2) is 48.4 Å². The van der Waals surface area contributed by atoms with Crippen LogP contribution < -0.4 is 5.73 Å². The molecule has 0 bridgehead atoms. The molecular formula is C25H26F3N7O. The van der Waals surface area contributed by atoms with Crippen molar-refractivity contribution in [3.63, 3.8) is 0 Å². The van der Waals surface area contributed by atoms with Crippen LogP contribution in [0.25, 0.3) is 28.0 Å². The molecule has 0 radical (unpaired) electrons. The molecular weight excluding hydrogens is 471 g/mol. The van der Waals surface area contributed by atoms with Gasteiger partial charge in [-0.3, -0.25) is 4.79 Å². The van der Waals surface area contributed by atoms with Gasteiger partial charge in [0.2, 0.25) is 5.91 Å². The number of carbonyl (C=O) groups is 1. The number of allylic oxidation sites excluding steroid dienone is 2. The van der Waals surface area contributed by atoms with Crippen LogP contribution in [0.1, 0.15) is 43.4 Å². The number of piperidine rings is 1. The highest BCUT2D eigenvalue weighted by atomic mass is 19.4. The van der Waals surface area contributed by atoms with E-state index in [1.807, 2.05) is 16.5 Å². The first-order valence-electron chi connectivity index (χ1n) is 11.7. The van der Waals surface area contributed by atoms with Crippen LogP contribution in [0.3, 0.4) is 0 Å². The molecule has 5 rings (SSSR count). The normalized spacial score (nSPS) is 17.9. The highest BCUT2D eigenvalue weighted by molar-refractivity contribution is 6.04. The van der Waals surface area contributed by atoms with Gasteiger partial charge in [0.15, 0.2) is 5.82 Å². The van der Waals surface area contributed by atoms with E-state index in [-0.39, 0.29) is 23.0 Å². The van der Waals surface area contributed by atoms with Gasteiger partial charge in [-0.2, -0.15) is 13.2 Å². The van der Waals surface area contributed by atoms with Crippen molar-refractivity contribution in [1.29, 1.82) is 0 Å². The van der Waals surface area contributed by atoms with E-state index in [2.05, 4.69) is 32.6 Å². The molecule has 0 atom stereocenters.